The van der Waals surface area contributed by atoms with Crippen molar-refractivity contribution in [3.63, 3.8) is 0 Å². The monoisotopic (exact) mass is 301 g/mol. The standard InChI is InChI=1S/C11H12BrNO4/c1-3-4-9(14)17-8-6-5-7(11(15)16-2)13-10(8)12/h5-6H,3-4H2,1-2H3. The molecule has 1 heterocycles. The van der Waals surface area contributed by atoms with Gasteiger partial charge in [-0.1, -0.05) is 6.92 Å². The van der Waals surface area contributed by atoms with E-state index in [9.17, 15) is 9.59 Å². The Hall–Kier alpha value is -1.43. The number of halogens is 1. The van der Waals surface area contributed by atoms with Crippen molar-refractivity contribution in [2.75, 3.05) is 7.11 Å². The van der Waals surface area contributed by atoms with E-state index in [2.05, 4.69) is 25.7 Å². The molecule has 0 fully saturated rings. The second kappa shape index (κ2) is 6.34. The van der Waals surface area contributed by atoms with Crippen LogP contribution in [0.15, 0.2) is 16.7 Å². The number of carbonyl (C=O) groups is 2. The molecule has 0 spiro atoms. The summed E-state index contributed by atoms with van der Waals surface area (Å²) in [6, 6.07) is 2.93. The van der Waals surface area contributed by atoms with E-state index in [1.54, 1.807) is 0 Å². The number of hydrogen-bond acceptors (Lipinski definition) is 5. The van der Waals surface area contributed by atoms with Crippen molar-refractivity contribution in [2.24, 2.45) is 0 Å². The van der Waals surface area contributed by atoms with E-state index in [0.717, 1.165) is 0 Å². The first kappa shape index (κ1) is 13.6. The minimum atomic E-state index is -0.544. The molecule has 0 radical (unpaired) electrons. The van der Waals surface area contributed by atoms with Crippen molar-refractivity contribution >= 4 is 27.9 Å². The van der Waals surface area contributed by atoms with Gasteiger partial charge in [-0.15, -0.1) is 0 Å². The van der Waals surface area contributed by atoms with Crippen LogP contribution in [0.1, 0.15) is 30.3 Å². The molecule has 5 nitrogen and oxygen atoms in total. The lowest BCUT2D eigenvalue weighted by Crippen LogP contribution is -2.09. The maximum atomic E-state index is 11.3. The molecular formula is C11H12BrNO4. The maximum absolute atomic E-state index is 11.3. The molecule has 0 saturated heterocycles. The van der Waals surface area contributed by atoms with Gasteiger partial charge in [0, 0.05) is 6.42 Å². The summed E-state index contributed by atoms with van der Waals surface area (Å²) < 4.78 is 9.87. The van der Waals surface area contributed by atoms with Gasteiger partial charge in [0.15, 0.2) is 5.75 Å². The fraction of sp³-hybridized carbons (Fsp3) is 0.364. The smallest absolute Gasteiger partial charge is 0.356 e. The van der Waals surface area contributed by atoms with E-state index in [1.165, 1.54) is 19.2 Å². The van der Waals surface area contributed by atoms with Gasteiger partial charge in [0.2, 0.25) is 0 Å². The fourth-order valence-corrected chi connectivity index (χ4v) is 1.50. The number of hydrogen-bond donors (Lipinski definition) is 0. The minimum Gasteiger partial charge on any atom is -0.464 e. The maximum Gasteiger partial charge on any atom is 0.356 e. The zero-order valence-corrected chi connectivity index (χ0v) is 11.1. The number of ether oxygens (including phenoxy) is 2. The first-order chi connectivity index (χ1) is 8.08. The van der Waals surface area contributed by atoms with Crippen molar-refractivity contribution in [3.8, 4) is 5.75 Å². The predicted octanol–water partition coefficient (Wildman–Crippen LogP) is 2.34. The molecule has 0 amide bonds. The van der Waals surface area contributed by atoms with E-state index in [-0.39, 0.29) is 17.4 Å². The average Bonchev–Trinajstić information content (AvgIpc) is 2.31. The molecule has 0 aliphatic rings. The Morgan fingerprint density at radius 1 is 1.41 bits per heavy atom. The number of esters is 2. The van der Waals surface area contributed by atoms with E-state index >= 15 is 0 Å². The molecule has 0 unspecified atom stereocenters. The van der Waals surface area contributed by atoms with Crippen LogP contribution in [-0.4, -0.2) is 24.0 Å². The van der Waals surface area contributed by atoms with Gasteiger partial charge >= 0.3 is 11.9 Å². The highest BCUT2D eigenvalue weighted by Gasteiger charge is 2.13. The van der Waals surface area contributed by atoms with Gasteiger partial charge in [-0.05, 0) is 34.5 Å². The third kappa shape index (κ3) is 3.81. The molecule has 92 valence electrons. The lowest BCUT2D eigenvalue weighted by Gasteiger charge is -2.06. The van der Waals surface area contributed by atoms with Gasteiger partial charge in [-0.3, -0.25) is 4.79 Å². The summed E-state index contributed by atoms with van der Waals surface area (Å²) >= 11 is 3.13. The largest absolute Gasteiger partial charge is 0.464 e. The lowest BCUT2D eigenvalue weighted by molar-refractivity contribution is -0.134. The van der Waals surface area contributed by atoms with Crippen LogP contribution in [0, 0.1) is 0 Å². The van der Waals surface area contributed by atoms with Crippen molar-refractivity contribution in [1.82, 2.24) is 4.98 Å². The molecule has 0 atom stereocenters. The topological polar surface area (TPSA) is 65.5 Å². The zero-order chi connectivity index (χ0) is 12.8. The minimum absolute atomic E-state index is 0.148. The molecule has 0 saturated carbocycles. The Labute approximate surface area is 107 Å². The highest BCUT2D eigenvalue weighted by Crippen LogP contribution is 2.23. The van der Waals surface area contributed by atoms with Crippen LogP contribution in [0.5, 0.6) is 5.75 Å². The second-order valence-electron chi connectivity index (χ2n) is 3.20. The summed E-state index contributed by atoms with van der Waals surface area (Å²) in [4.78, 5) is 26.4. The quantitative estimate of drug-likeness (QED) is 0.631. The SMILES string of the molecule is CCCC(=O)Oc1ccc(C(=O)OC)nc1Br. The summed E-state index contributed by atoms with van der Waals surface area (Å²) in [5.74, 6) is -0.589. The van der Waals surface area contributed by atoms with E-state index in [4.69, 9.17) is 4.74 Å². The molecule has 0 N–H and O–H groups in total. The second-order valence-corrected chi connectivity index (χ2v) is 3.95. The molecule has 17 heavy (non-hydrogen) atoms. The van der Waals surface area contributed by atoms with Crippen LogP contribution in [0.3, 0.4) is 0 Å². The number of aromatic nitrogens is 1. The molecular weight excluding hydrogens is 290 g/mol. The Balaban J connectivity index is 2.83. The third-order valence-electron chi connectivity index (χ3n) is 1.89. The Morgan fingerprint density at radius 3 is 2.65 bits per heavy atom. The van der Waals surface area contributed by atoms with Crippen LogP contribution < -0.4 is 4.74 Å². The van der Waals surface area contributed by atoms with Crippen LogP contribution in [0.4, 0.5) is 0 Å². The predicted molar refractivity (Wildman–Crippen MR) is 63.8 cm³/mol. The van der Waals surface area contributed by atoms with Crippen molar-refractivity contribution < 1.29 is 19.1 Å². The molecule has 1 aromatic heterocycles. The van der Waals surface area contributed by atoms with E-state index < -0.39 is 5.97 Å². The van der Waals surface area contributed by atoms with Crippen LogP contribution in [0.2, 0.25) is 0 Å². The molecule has 0 aliphatic carbocycles. The molecule has 0 aromatic carbocycles. The number of rotatable bonds is 4. The van der Waals surface area contributed by atoms with Gasteiger partial charge in [0.05, 0.1) is 7.11 Å². The summed E-state index contributed by atoms with van der Waals surface area (Å²) in [7, 11) is 1.27. The van der Waals surface area contributed by atoms with Gasteiger partial charge in [0.1, 0.15) is 10.3 Å². The number of pyridine rings is 1. The van der Waals surface area contributed by atoms with Crippen molar-refractivity contribution in [3.05, 3.63) is 22.4 Å². The summed E-state index contributed by atoms with van der Waals surface area (Å²) in [5, 5.41) is 0. The summed E-state index contributed by atoms with van der Waals surface area (Å²) in [5.41, 5.74) is 0.148. The van der Waals surface area contributed by atoms with Crippen molar-refractivity contribution in [2.45, 2.75) is 19.8 Å². The van der Waals surface area contributed by atoms with Gasteiger partial charge in [0.25, 0.3) is 0 Å². The molecule has 0 aliphatic heterocycles. The number of nitrogens with zero attached hydrogens (tertiary/aromatic N) is 1. The van der Waals surface area contributed by atoms with Gasteiger partial charge in [-0.25, -0.2) is 9.78 Å². The molecule has 0 bridgehead atoms. The van der Waals surface area contributed by atoms with Crippen LogP contribution in [0.25, 0.3) is 0 Å². The summed E-state index contributed by atoms with van der Waals surface area (Å²) in [6.45, 7) is 1.88. The fourth-order valence-electron chi connectivity index (χ4n) is 1.09. The average molecular weight is 302 g/mol. The Bertz CT molecular complexity index is 433. The Kier molecular flexibility index (Phi) is 5.09. The van der Waals surface area contributed by atoms with Crippen LogP contribution in [-0.2, 0) is 9.53 Å². The number of methoxy groups -OCH3 is 1. The molecule has 6 heteroatoms. The summed E-state index contributed by atoms with van der Waals surface area (Å²) in [6.07, 6.45) is 1.05. The van der Waals surface area contributed by atoms with Crippen molar-refractivity contribution in [1.29, 1.82) is 0 Å². The normalized spacial score (nSPS) is 9.82. The zero-order valence-electron chi connectivity index (χ0n) is 9.53. The Morgan fingerprint density at radius 2 is 2.12 bits per heavy atom. The first-order valence-corrected chi connectivity index (χ1v) is 5.83. The lowest BCUT2D eigenvalue weighted by atomic mass is 10.3. The third-order valence-corrected chi connectivity index (χ3v) is 2.46. The van der Waals surface area contributed by atoms with E-state index in [0.29, 0.717) is 17.4 Å². The number of carbonyl (C=O) groups excluding carboxylic acids is 2. The van der Waals surface area contributed by atoms with Gasteiger partial charge < -0.3 is 9.47 Å². The molecule has 1 rings (SSSR count). The first-order valence-electron chi connectivity index (χ1n) is 5.04. The molecule has 1 aromatic rings. The van der Waals surface area contributed by atoms with Gasteiger partial charge in [-0.2, -0.15) is 0 Å². The highest BCUT2D eigenvalue weighted by molar-refractivity contribution is 9.10. The van der Waals surface area contributed by atoms with E-state index in [1.807, 2.05) is 6.92 Å². The highest BCUT2D eigenvalue weighted by atomic mass is 79.9. The van der Waals surface area contributed by atoms with Crippen LogP contribution >= 0.6 is 15.9 Å².